The number of β-amino-alcohol motifs (C(OH)–C–C–N with tert-alkyl or cyclic N) is 1. The summed E-state index contributed by atoms with van der Waals surface area (Å²) >= 11 is 1.59. The number of benzene rings is 2. The molecule has 2 heterocycles. The van der Waals surface area contributed by atoms with E-state index < -0.39 is 23.5 Å². The number of thiazole rings is 1. The third-order valence-corrected chi connectivity index (χ3v) is 8.10. The molecule has 4 rings (SSSR count). The smallest absolute Gasteiger partial charge is 0.243 e. The fraction of sp³-hybridized carbons (Fsp3) is 0.400. The van der Waals surface area contributed by atoms with Gasteiger partial charge in [0.25, 0.3) is 0 Å². The first-order valence-electron chi connectivity index (χ1n) is 12.9. The Bertz CT molecular complexity index is 1280. The standard InChI is InChI=1S/C30H35N3O4S/c1-19-27(38-18-32-19)22-12-10-20(11-13-22)16-31-28(36)25-14-23(34)17-33(25)29(37)24(30(2,3)4)15-26(35)21-8-6-5-7-9-21/h5-13,18,23-25,34H,14-17H2,1-4H3,(H,31,36)/t23-,24-,25+/m1/s1. The molecule has 3 atom stereocenters. The Kier molecular flexibility index (Phi) is 8.43. The number of nitrogens with zero attached hydrogens (tertiary/aromatic N) is 2. The van der Waals surface area contributed by atoms with Crippen LogP contribution >= 0.6 is 11.3 Å². The topological polar surface area (TPSA) is 99.6 Å². The number of hydrogen-bond acceptors (Lipinski definition) is 6. The minimum Gasteiger partial charge on any atom is -0.391 e. The summed E-state index contributed by atoms with van der Waals surface area (Å²) in [7, 11) is 0. The number of rotatable bonds is 8. The molecule has 3 aromatic rings. The van der Waals surface area contributed by atoms with Crippen LogP contribution in [0.4, 0.5) is 0 Å². The van der Waals surface area contributed by atoms with Crippen LogP contribution in [0, 0.1) is 18.3 Å². The van der Waals surface area contributed by atoms with Crippen LogP contribution in [0.3, 0.4) is 0 Å². The maximum absolute atomic E-state index is 13.7. The van der Waals surface area contributed by atoms with Crippen LogP contribution in [0.2, 0.25) is 0 Å². The van der Waals surface area contributed by atoms with Crippen LogP contribution in [-0.4, -0.2) is 51.3 Å². The highest BCUT2D eigenvalue weighted by Crippen LogP contribution is 2.34. The SMILES string of the molecule is Cc1ncsc1-c1ccc(CNC(=O)[C@@H]2C[C@@H](O)CN2C(=O)[C@@H](CC(=O)c2ccccc2)C(C)(C)C)cc1. The molecule has 1 aliphatic rings. The third kappa shape index (κ3) is 6.37. The van der Waals surface area contributed by atoms with Crippen molar-refractivity contribution in [2.45, 2.75) is 59.2 Å². The van der Waals surface area contributed by atoms with Crippen molar-refractivity contribution in [3.05, 3.63) is 76.9 Å². The van der Waals surface area contributed by atoms with E-state index in [0.717, 1.165) is 21.7 Å². The summed E-state index contributed by atoms with van der Waals surface area (Å²) in [5.74, 6) is -1.32. The molecule has 200 valence electrons. The number of amides is 2. The number of aliphatic hydroxyl groups is 1. The average Bonchev–Trinajstić information content (AvgIpc) is 3.50. The summed E-state index contributed by atoms with van der Waals surface area (Å²) in [5, 5.41) is 13.3. The normalized spacial score (nSPS) is 18.3. The molecule has 2 amide bonds. The number of aromatic nitrogens is 1. The van der Waals surface area contributed by atoms with Gasteiger partial charge in [-0.2, -0.15) is 0 Å². The van der Waals surface area contributed by atoms with Gasteiger partial charge in [0.05, 0.1) is 28.1 Å². The van der Waals surface area contributed by atoms with Gasteiger partial charge in [0.1, 0.15) is 6.04 Å². The first-order valence-corrected chi connectivity index (χ1v) is 13.8. The van der Waals surface area contributed by atoms with Gasteiger partial charge >= 0.3 is 0 Å². The maximum Gasteiger partial charge on any atom is 0.243 e. The minimum atomic E-state index is -0.790. The highest BCUT2D eigenvalue weighted by molar-refractivity contribution is 7.13. The molecule has 2 aromatic carbocycles. The molecule has 1 saturated heterocycles. The van der Waals surface area contributed by atoms with E-state index in [1.165, 1.54) is 4.90 Å². The van der Waals surface area contributed by atoms with Crippen LogP contribution in [0.5, 0.6) is 0 Å². The largest absolute Gasteiger partial charge is 0.391 e. The number of Topliss-reactive ketones (excluding diaryl/α,β-unsaturated/α-hetero) is 1. The zero-order valence-electron chi connectivity index (χ0n) is 22.3. The molecule has 38 heavy (non-hydrogen) atoms. The number of carbonyl (C=O) groups is 3. The second kappa shape index (κ2) is 11.6. The molecule has 1 aromatic heterocycles. The lowest BCUT2D eigenvalue weighted by Gasteiger charge is -2.34. The number of likely N-dealkylation sites (tertiary alicyclic amines) is 1. The third-order valence-electron chi connectivity index (χ3n) is 7.12. The van der Waals surface area contributed by atoms with Crippen molar-refractivity contribution in [1.29, 1.82) is 0 Å². The van der Waals surface area contributed by atoms with E-state index in [2.05, 4.69) is 10.3 Å². The molecule has 8 heteroatoms. The van der Waals surface area contributed by atoms with Crippen molar-refractivity contribution in [3.8, 4) is 10.4 Å². The number of aliphatic hydroxyl groups excluding tert-OH is 1. The molecule has 1 aliphatic heterocycles. The van der Waals surface area contributed by atoms with Crippen molar-refractivity contribution >= 4 is 28.9 Å². The summed E-state index contributed by atoms with van der Waals surface area (Å²) in [4.78, 5) is 46.8. The molecule has 0 aliphatic carbocycles. The van der Waals surface area contributed by atoms with Gasteiger partial charge in [0.15, 0.2) is 5.78 Å². The zero-order valence-corrected chi connectivity index (χ0v) is 23.1. The van der Waals surface area contributed by atoms with Crippen molar-refractivity contribution in [2.75, 3.05) is 6.54 Å². The predicted octanol–water partition coefficient (Wildman–Crippen LogP) is 4.63. The van der Waals surface area contributed by atoms with Gasteiger partial charge in [-0.1, -0.05) is 75.4 Å². The summed E-state index contributed by atoms with van der Waals surface area (Å²) in [6.07, 6.45) is -0.578. The predicted molar refractivity (Wildman–Crippen MR) is 149 cm³/mol. The highest BCUT2D eigenvalue weighted by atomic mass is 32.1. The van der Waals surface area contributed by atoms with Gasteiger partial charge in [-0.3, -0.25) is 14.4 Å². The number of ketones is 1. The van der Waals surface area contributed by atoms with Crippen molar-refractivity contribution < 1.29 is 19.5 Å². The molecule has 7 nitrogen and oxygen atoms in total. The van der Waals surface area contributed by atoms with Gasteiger partial charge in [-0.15, -0.1) is 11.3 Å². The Balaban J connectivity index is 1.43. The Hall–Kier alpha value is -3.36. The molecule has 2 N–H and O–H groups in total. The summed E-state index contributed by atoms with van der Waals surface area (Å²) in [6.45, 7) is 8.13. The van der Waals surface area contributed by atoms with Crippen LogP contribution in [0.25, 0.3) is 10.4 Å². The average molecular weight is 534 g/mol. The van der Waals surface area contributed by atoms with Gasteiger partial charge in [0.2, 0.25) is 11.8 Å². The molecule has 1 fully saturated rings. The maximum atomic E-state index is 13.7. The second-order valence-corrected chi connectivity index (χ2v) is 11.8. The Labute approximate surface area is 227 Å². The Morgan fingerprint density at radius 1 is 1.11 bits per heavy atom. The van der Waals surface area contributed by atoms with Crippen molar-refractivity contribution in [2.24, 2.45) is 11.3 Å². The van der Waals surface area contributed by atoms with Gasteiger partial charge in [-0.25, -0.2) is 4.98 Å². The zero-order chi connectivity index (χ0) is 27.4. The van der Waals surface area contributed by atoms with Gasteiger partial charge < -0.3 is 15.3 Å². The molecular weight excluding hydrogens is 498 g/mol. The minimum absolute atomic E-state index is 0.0405. The van der Waals surface area contributed by atoms with Crippen LogP contribution in [-0.2, 0) is 16.1 Å². The monoisotopic (exact) mass is 533 g/mol. The van der Waals surface area contributed by atoms with E-state index in [1.807, 2.05) is 63.5 Å². The fourth-order valence-electron chi connectivity index (χ4n) is 4.86. The van der Waals surface area contributed by atoms with E-state index in [9.17, 15) is 19.5 Å². The van der Waals surface area contributed by atoms with Crippen LogP contribution < -0.4 is 5.32 Å². The van der Waals surface area contributed by atoms with E-state index >= 15 is 0 Å². The van der Waals surface area contributed by atoms with Gasteiger partial charge in [0, 0.05) is 31.5 Å². The van der Waals surface area contributed by atoms with E-state index in [-0.39, 0.29) is 37.0 Å². The van der Waals surface area contributed by atoms with E-state index in [4.69, 9.17) is 0 Å². The molecule has 0 radical (unpaired) electrons. The van der Waals surface area contributed by atoms with Crippen molar-refractivity contribution in [3.63, 3.8) is 0 Å². The van der Waals surface area contributed by atoms with Gasteiger partial charge in [-0.05, 0) is 23.5 Å². The summed E-state index contributed by atoms with van der Waals surface area (Å²) in [6, 6.07) is 16.1. The Morgan fingerprint density at radius 2 is 1.79 bits per heavy atom. The summed E-state index contributed by atoms with van der Waals surface area (Å²) < 4.78 is 0. The molecule has 0 saturated carbocycles. The Morgan fingerprint density at radius 3 is 2.39 bits per heavy atom. The number of carbonyl (C=O) groups excluding carboxylic acids is 3. The van der Waals surface area contributed by atoms with Crippen LogP contribution in [0.15, 0.2) is 60.1 Å². The fourth-order valence-corrected chi connectivity index (χ4v) is 5.67. The molecule has 0 unspecified atom stereocenters. The summed E-state index contributed by atoms with van der Waals surface area (Å²) in [5.41, 5.74) is 4.87. The molecule has 0 bridgehead atoms. The number of nitrogens with one attached hydrogen (secondary N) is 1. The van der Waals surface area contributed by atoms with Crippen LogP contribution in [0.1, 0.15) is 55.2 Å². The lowest BCUT2D eigenvalue weighted by Crippen LogP contribution is -2.50. The first kappa shape index (κ1) is 27.7. The second-order valence-electron chi connectivity index (χ2n) is 11.0. The highest BCUT2D eigenvalue weighted by Gasteiger charge is 2.44. The molecular formula is C30H35N3O4S. The lowest BCUT2D eigenvalue weighted by atomic mass is 9.76. The van der Waals surface area contributed by atoms with Crippen molar-refractivity contribution in [1.82, 2.24) is 15.2 Å². The lowest BCUT2D eigenvalue weighted by molar-refractivity contribution is -0.144. The van der Waals surface area contributed by atoms with E-state index in [0.29, 0.717) is 12.1 Å². The molecule has 0 spiro atoms. The number of aryl methyl sites for hydroxylation is 1. The van der Waals surface area contributed by atoms with E-state index in [1.54, 1.807) is 35.6 Å². The quantitative estimate of drug-likeness (QED) is 0.411. The number of hydrogen-bond donors (Lipinski definition) is 2. The first-order chi connectivity index (χ1) is 18.0.